The van der Waals surface area contributed by atoms with Crippen molar-refractivity contribution in [2.24, 2.45) is 0 Å². The highest BCUT2D eigenvalue weighted by Crippen LogP contribution is 2.35. The molecule has 2 aromatic carbocycles. The molecule has 6 heteroatoms. The van der Waals surface area contributed by atoms with Crippen molar-refractivity contribution in [3.63, 3.8) is 0 Å². The van der Waals surface area contributed by atoms with Crippen LogP contribution in [0.3, 0.4) is 0 Å². The number of esters is 1. The van der Waals surface area contributed by atoms with E-state index in [4.69, 9.17) is 4.74 Å². The molecule has 1 aliphatic heterocycles. The van der Waals surface area contributed by atoms with E-state index in [0.717, 1.165) is 6.26 Å². The van der Waals surface area contributed by atoms with E-state index in [-0.39, 0.29) is 22.8 Å². The lowest BCUT2D eigenvalue weighted by molar-refractivity contribution is -0.138. The van der Waals surface area contributed by atoms with Gasteiger partial charge < -0.3 is 4.74 Å². The summed E-state index contributed by atoms with van der Waals surface area (Å²) in [6.45, 7) is 1.94. The first-order valence-corrected chi connectivity index (χ1v) is 10.2. The van der Waals surface area contributed by atoms with Crippen LogP contribution in [0.15, 0.2) is 59.0 Å². The molecule has 136 valence electrons. The number of carbonyl (C=O) groups excluding carboxylic acids is 1. The summed E-state index contributed by atoms with van der Waals surface area (Å²) >= 11 is 0. The molecule has 3 rings (SSSR count). The van der Waals surface area contributed by atoms with Gasteiger partial charge in [-0.25, -0.2) is 17.6 Å². The van der Waals surface area contributed by atoms with Gasteiger partial charge in [0.25, 0.3) is 0 Å². The van der Waals surface area contributed by atoms with E-state index in [1.165, 1.54) is 24.3 Å². The Morgan fingerprint density at radius 3 is 2.08 bits per heavy atom. The van der Waals surface area contributed by atoms with Gasteiger partial charge in [0, 0.05) is 18.2 Å². The van der Waals surface area contributed by atoms with Crippen LogP contribution in [0.4, 0.5) is 4.39 Å². The van der Waals surface area contributed by atoms with Gasteiger partial charge in [-0.1, -0.05) is 31.2 Å². The highest BCUT2D eigenvalue weighted by molar-refractivity contribution is 7.90. The van der Waals surface area contributed by atoms with E-state index in [1.54, 1.807) is 24.3 Å². The fourth-order valence-electron chi connectivity index (χ4n) is 3.01. The predicted molar refractivity (Wildman–Crippen MR) is 96.8 cm³/mol. The Morgan fingerprint density at radius 1 is 1.08 bits per heavy atom. The summed E-state index contributed by atoms with van der Waals surface area (Å²) in [4.78, 5) is 12.6. The number of cyclic esters (lactones) is 1. The number of rotatable bonds is 4. The van der Waals surface area contributed by atoms with Crippen LogP contribution in [-0.4, -0.2) is 26.7 Å². The molecule has 1 fully saturated rings. The van der Waals surface area contributed by atoms with Gasteiger partial charge in [-0.05, 0) is 47.4 Å². The van der Waals surface area contributed by atoms with Crippen LogP contribution >= 0.6 is 0 Å². The SMILES string of the molecule is CCC1C/C(=C(\c2ccc(F)cc2)c2ccc(S(C)(=O)=O)cc2)C(=O)O1. The Balaban J connectivity index is 2.16. The van der Waals surface area contributed by atoms with E-state index in [2.05, 4.69) is 0 Å². The van der Waals surface area contributed by atoms with Crippen LogP contribution < -0.4 is 0 Å². The van der Waals surface area contributed by atoms with Crippen LogP contribution in [-0.2, 0) is 19.4 Å². The molecule has 1 unspecified atom stereocenters. The molecule has 0 aliphatic carbocycles. The molecule has 0 spiro atoms. The molecule has 26 heavy (non-hydrogen) atoms. The van der Waals surface area contributed by atoms with Crippen LogP contribution in [0, 0.1) is 5.82 Å². The minimum absolute atomic E-state index is 0.178. The first kappa shape index (κ1) is 18.3. The molecule has 1 saturated heterocycles. The summed E-state index contributed by atoms with van der Waals surface area (Å²) in [5, 5.41) is 0. The summed E-state index contributed by atoms with van der Waals surface area (Å²) < 4.78 is 42.1. The van der Waals surface area contributed by atoms with Crippen molar-refractivity contribution < 1.29 is 22.3 Å². The smallest absolute Gasteiger partial charge is 0.335 e. The monoisotopic (exact) mass is 374 g/mol. The van der Waals surface area contributed by atoms with Crippen molar-refractivity contribution in [3.05, 3.63) is 71.0 Å². The lowest BCUT2D eigenvalue weighted by atomic mass is 9.91. The van der Waals surface area contributed by atoms with Gasteiger partial charge in [-0.15, -0.1) is 0 Å². The van der Waals surface area contributed by atoms with E-state index < -0.39 is 9.84 Å². The molecule has 1 aliphatic rings. The second-order valence-electron chi connectivity index (χ2n) is 6.30. The third-order valence-electron chi connectivity index (χ3n) is 4.41. The zero-order valence-corrected chi connectivity index (χ0v) is 15.3. The van der Waals surface area contributed by atoms with E-state index in [1.807, 2.05) is 6.92 Å². The number of hydrogen-bond donors (Lipinski definition) is 0. The van der Waals surface area contributed by atoms with Crippen molar-refractivity contribution in [2.45, 2.75) is 30.8 Å². The molecule has 1 heterocycles. The number of hydrogen-bond acceptors (Lipinski definition) is 4. The molecule has 0 amide bonds. The second-order valence-corrected chi connectivity index (χ2v) is 8.31. The number of carbonyl (C=O) groups is 1. The van der Waals surface area contributed by atoms with Crippen molar-refractivity contribution >= 4 is 21.4 Å². The Bertz CT molecular complexity index is 958. The molecule has 0 aromatic heterocycles. The average Bonchev–Trinajstić information content (AvgIpc) is 2.97. The standard InChI is InChI=1S/C20H19FO4S/c1-3-16-12-18(20(22)25-16)19(13-4-8-15(21)9-5-13)14-6-10-17(11-7-14)26(2,23)24/h4-11,16H,3,12H2,1-2H3/b19-18-. The van der Waals surface area contributed by atoms with Gasteiger partial charge in [0.15, 0.2) is 9.84 Å². The van der Waals surface area contributed by atoms with Crippen molar-refractivity contribution in [1.29, 1.82) is 0 Å². The molecule has 0 N–H and O–H groups in total. The van der Waals surface area contributed by atoms with Gasteiger partial charge in [0.2, 0.25) is 0 Å². The molecule has 0 radical (unpaired) electrons. The fourth-order valence-corrected chi connectivity index (χ4v) is 3.64. The first-order valence-electron chi connectivity index (χ1n) is 8.30. The Labute approximate surface area is 152 Å². The highest BCUT2D eigenvalue weighted by atomic mass is 32.2. The maximum Gasteiger partial charge on any atom is 0.335 e. The number of sulfone groups is 1. The quantitative estimate of drug-likeness (QED) is 0.604. The largest absolute Gasteiger partial charge is 0.459 e. The maximum atomic E-state index is 13.3. The zero-order chi connectivity index (χ0) is 18.9. The van der Waals surface area contributed by atoms with Crippen molar-refractivity contribution in [1.82, 2.24) is 0 Å². The third-order valence-corrected chi connectivity index (χ3v) is 5.54. The third kappa shape index (κ3) is 3.70. The van der Waals surface area contributed by atoms with E-state index >= 15 is 0 Å². The summed E-state index contributed by atoms with van der Waals surface area (Å²) in [5.41, 5.74) is 2.54. The highest BCUT2D eigenvalue weighted by Gasteiger charge is 2.31. The summed E-state index contributed by atoms with van der Waals surface area (Å²) in [5.74, 6) is -0.755. The van der Waals surface area contributed by atoms with Crippen LogP contribution in [0.5, 0.6) is 0 Å². The van der Waals surface area contributed by atoms with Gasteiger partial charge in [0.05, 0.1) is 4.90 Å². The predicted octanol–water partition coefficient (Wildman–Crippen LogP) is 3.76. The molecule has 2 aromatic rings. The average molecular weight is 374 g/mol. The molecular formula is C20H19FO4S. The minimum Gasteiger partial charge on any atom is -0.459 e. The maximum absolute atomic E-state index is 13.3. The lowest BCUT2D eigenvalue weighted by Crippen LogP contribution is -2.04. The topological polar surface area (TPSA) is 60.4 Å². The van der Waals surface area contributed by atoms with Crippen molar-refractivity contribution in [3.8, 4) is 0 Å². The van der Waals surface area contributed by atoms with Gasteiger partial charge >= 0.3 is 5.97 Å². The molecule has 1 atom stereocenters. The number of halogens is 1. The van der Waals surface area contributed by atoms with Crippen LogP contribution in [0.25, 0.3) is 5.57 Å². The van der Waals surface area contributed by atoms with Gasteiger partial charge in [-0.2, -0.15) is 0 Å². The normalized spacial score (nSPS) is 19.3. The zero-order valence-electron chi connectivity index (χ0n) is 14.5. The van der Waals surface area contributed by atoms with E-state index in [9.17, 15) is 17.6 Å². The van der Waals surface area contributed by atoms with Gasteiger partial charge in [0.1, 0.15) is 11.9 Å². The Morgan fingerprint density at radius 2 is 1.62 bits per heavy atom. The van der Waals surface area contributed by atoms with Crippen LogP contribution in [0.2, 0.25) is 0 Å². The van der Waals surface area contributed by atoms with Gasteiger partial charge in [-0.3, -0.25) is 0 Å². The molecule has 4 nitrogen and oxygen atoms in total. The lowest BCUT2D eigenvalue weighted by Gasteiger charge is -2.12. The Hall–Kier alpha value is -2.47. The van der Waals surface area contributed by atoms with Crippen LogP contribution in [0.1, 0.15) is 30.9 Å². The summed E-state index contributed by atoms with van der Waals surface area (Å²) in [6, 6.07) is 12.2. The second kappa shape index (κ2) is 7.03. The van der Waals surface area contributed by atoms with E-state index in [0.29, 0.717) is 35.1 Å². The summed E-state index contributed by atoms with van der Waals surface area (Å²) in [6.07, 6.45) is 2.14. The molecule has 0 bridgehead atoms. The first-order chi connectivity index (χ1) is 12.3. The molecule has 0 saturated carbocycles. The minimum atomic E-state index is -3.32. The molecular weight excluding hydrogens is 355 g/mol. The number of ether oxygens (including phenoxy) is 1. The number of benzene rings is 2. The van der Waals surface area contributed by atoms with Crippen molar-refractivity contribution in [2.75, 3.05) is 6.26 Å². The summed E-state index contributed by atoms with van der Waals surface area (Å²) in [7, 11) is -3.32. The Kier molecular flexibility index (Phi) is 4.96. The fraction of sp³-hybridized carbons (Fsp3) is 0.250.